The third kappa shape index (κ3) is 2.41. The van der Waals surface area contributed by atoms with E-state index in [-0.39, 0.29) is 5.82 Å². The van der Waals surface area contributed by atoms with E-state index in [4.69, 9.17) is 0 Å². The number of thioether (sulfide) groups is 1. The van der Waals surface area contributed by atoms with E-state index in [0.717, 1.165) is 17.0 Å². The molecule has 1 aromatic carbocycles. The maximum absolute atomic E-state index is 13.1. The van der Waals surface area contributed by atoms with Crippen molar-refractivity contribution in [1.29, 1.82) is 0 Å². The molecule has 1 heterocycles. The summed E-state index contributed by atoms with van der Waals surface area (Å²) in [6.45, 7) is 1.91. The molecule has 0 unspecified atom stereocenters. The van der Waals surface area contributed by atoms with E-state index in [2.05, 4.69) is 5.32 Å². The van der Waals surface area contributed by atoms with Gasteiger partial charge in [-0.2, -0.15) is 11.8 Å². The van der Waals surface area contributed by atoms with Crippen LogP contribution in [0.2, 0.25) is 0 Å². The van der Waals surface area contributed by atoms with E-state index in [1.807, 2.05) is 24.8 Å². The fourth-order valence-electron chi connectivity index (χ4n) is 1.70. The van der Waals surface area contributed by atoms with Crippen LogP contribution in [0.4, 0.5) is 10.1 Å². The summed E-state index contributed by atoms with van der Waals surface area (Å²) in [5.74, 6) is 2.19. The third-order valence-corrected chi connectivity index (χ3v) is 3.51. The predicted octanol–water partition coefficient (Wildman–Crippen LogP) is 3.05. The molecule has 1 N–H and O–H groups in total. The zero-order valence-corrected chi connectivity index (χ0v) is 9.03. The van der Waals surface area contributed by atoms with Crippen LogP contribution in [-0.4, -0.2) is 17.5 Å². The SMILES string of the molecule is Cc1cc(F)cc(N[C@@H]2CCSC2)c1. The van der Waals surface area contributed by atoms with E-state index in [9.17, 15) is 4.39 Å². The van der Waals surface area contributed by atoms with Crippen molar-refractivity contribution in [1.82, 2.24) is 0 Å². The molecule has 14 heavy (non-hydrogen) atoms. The second-order valence-corrected chi connectivity index (χ2v) is 4.87. The molecule has 0 aliphatic carbocycles. The third-order valence-electron chi connectivity index (χ3n) is 2.34. The fraction of sp³-hybridized carbons (Fsp3) is 0.455. The first kappa shape index (κ1) is 9.84. The Kier molecular flexibility index (Phi) is 2.96. The number of halogens is 1. The van der Waals surface area contributed by atoms with Gasteiger partial charge in [-0.1, -0.05) is 0 Å². The highest BCUT2D eigenvalue weighted by Crippen LogP contribution is 2.22. The maximum Gasteiger partial charge on any atom is 0.125 e. The van der Waals surface area contributed by atoms with Crippen molar-refractivity contribution < 1.29 is 4.39 Å². The summed E-state index contributed by atoms with van der Waals surface area (Å²) in [7, 11) is 0. The second-order valence-electron chi connectivity index (χ2n) is 3.72. The Balaban J connectivity index is 2.07. The number of aryl methyl sites for hydroxylation is 1. The summed E-state index contributed by atoms with van der Waals surface area (Å²) in [6.07, 6.45) is 1.18. The van der Waals surface area contributed by atoms with E-state index in [1.165, 1.54) is 12.2 Å². The lowest BCUT2D eigenvalue weighted by Crippen LogP contribution is -2.18. The summed E-state index contributed by atoms with van der Waals surface area (Å²) >= 11 is 1.95. The van der Waals surface area contributed by atoms with Gasteiger partial charge in [0.05, 0.1) is 0 Å². The predicted molar refractivity (Wildman–Crippen MR) is 60.5 cm³/mol. The molecule has 0 aromatic heterocycles. The zero-order valence-electron chi connectivity index (χ0n) is 8.22. The molecule has 1 atom stereocenters. The van der Waals surface area contributed by atoms with Crippen LogP contribution in [0.5, 0.6) is 0 Å². The van der Waals surface area contributed by atoms with Crippen LogP contribution in [0.1, 0.15) is 12.0 Å². The van der Waals surface area contributed by atoms with Gasteiger partial charge in [0.25, 0.3) is 0 Å². The quantitative estimate of drug-likeness (QED) is 0.807. The van der Waals surface area contributed by atoms with E-state index in [1.54, 1.807) is 12.1 Å². The minimum Gasteiger partial charge on any atom is -0.381 e. The van der Waals surface area contributed by atoms with Crippen LogP contribution >= 0.6 is 11.8 Å². The Bertz CT molecular complexity index is 301. The minimum absolute atomic E-state index is 0.154. The summed E-state index contributed by atoms with van der Waals surface area (Å²) < 4.78 is 13.1. The van der Waals surface area contributed by atoms with Crippen molar-refractivity contribution in [2.75, 3.05) is 16.8 Å². The summed E-state index contributed by atoms with van der Waals surface area (Å²) in [6, 6.07) is 5.62. The molecular formula is C11H14FNS. The number of hydrogen-bond donors (Lipinski definition) is 1. The highest BCUT2D eigenvalue weighted by Gasteiger charge is 2.14. The summed E-state index contributed by atoms with van der Waals surface area (Å²) in [5.41, 5.74) is 1.88. The monoisotopic (exact) mass is 211 g/mol. The molecule has 76 valence electrons. The van der Waals surface area contributed by atoms with Gasteiger partial charge in [-0.3, -0.25) is 0 Å². The van der Waals surface area contributed by atoms with Crippen LogP contribution in [0, 0.1) is 12.7 Å². The van der Waals surface area contributed by atoms with Crippen molar-refractivity contribution in [2.24, 2.45) is 0 Å². The zero-order chi connectivity index (χ0) is 9.97. The molecule has 1 aliphatic rings. The van der Waals surface area contributed by atoms with Gasteiger partial charge in [0.15, 0.2) is 0 Å². The molecule has 3 heteroatoms. The lowest BCUT2D eigenvalue weighted by atomic mass is 10.2. The first-order chi connectivity index (χ1) is 6.74. The van der Waals surface area contributed by atoms with Gasteiger partial charge in [-0.25, -0.2) is 4.39 Å². The highest BCUT2D eigenvalue weighted by atomic mass is 32.2. The Hall–Kier alpha value is -0.700. The van der Waals surface area contributed by atoms with Crippen molar-refractivity contribution in [3.63, 3.8) is 0 Å². The molecule has 0 spiro atoms. The van der Waals surface area contributed by atoms with Gasteiger partial charge in [0.2, 0.25) is 0 Å². The van der Waals surface area contributed by atoms with Gasteiger partial charge >= 0.3 is 0 Å². The summed E-state index contributed by atoms with van der Waals surface area (Å²) in [4.78, 5) is 0. The molecule has 1 nitrogen and oxygen atoms in total. The first-order valence-corrected chi connectivity index (χ1v) is 6.01. The van der Waals surface area contributed by atoms with Gasteiger partial charge in [-0.05, 0) is 42.9 Å². The average molecular weight is 211 g/mol. The lowest BCUT2D eigenvalue weighted by Gasteiger charge is -2.13. The van der Waals surface area contributed by atoms with Gasteiger partial charge in [-0.15, -0.1) is 0 Å². The van der Waals surface area contributed by atoms with Crippen molar-refractivity contribution in [3.8, 4) is 0 Å². The maximum atomic E-state index is 13.1. The minimum atomic E-state index is -0.154. The van der Waals surface area contributed by atoms with Crippen molar-refractivity contribution in [2.45, 2.75) is 19.4 Å². The Labute approximate surface area is 88.1 Å². The second kappa shape index (κ2) is 4.22. The molecule has 0 radical (unpaired) electrons. The van der Waals surface area contributed by atoms with Crippen LogP contribution in [-0.2, 0) is 0 Å². The van der Waals surface area contributed by atoms with Crippen molar-refractivity contribution >= 4 is 17.4 Å². The average Bonchev–Trinajstić information content (AvgIpc) is 2.54. The molecule has 1 aromatic rings. The standard InChI is InChI=1S/C11H14FNS/c1-8-4-9(12)6-11(5-8)13-10-2-3-14-7-10/h4-6,10,13H,2-3,7H2,1H3/t10-/m1/s1. The van der Waals surface area contributed by atoms with Crippen LogP contribution < -0.4 is 5.32 Å². The smallest absolute Gasteiger partial charge is 0.125 e. The molecule has 1 fully saturated rings. The van der Waals surface area contributed by atoms with Gasteiger partial charge in [0.1, 0.15) is 5.82 Å². The van der Waals surface area contributed by atoms with E-state index >= 15 is 0 Å². The topological polar surface area (TPSA) is 12.0 Å². The van der Waals surface area contributed by atoms with Crippen LogP contribution in [0.25, 0.3) is 0 Å². The largest absolute Gasteiger partial charge is 0.381 e. The van der Waals surface area contributed by atoms with Crippen LogP contribution in [0.3, 0.4) is 0 Å². The van der Waals surface area contributed by atoms with Gasteiger partial charge in [0, 0.05) is 17.5 Å². The van der Waals surface area contributed by atoms with Crippen LogP contribution in [0.15, 0.2) is 18.2 Å². The first-order valence-electron chi connectivity index (χ1n) is 4.85. The Morgan fingerprint density at radius 3 is 2.93 bits per heavy atom. The number of anilines is 1. The molecule has 0 bridgehead atoms. The molecule has 1 saturated heterocycles. The number of rotatable bonds is 2. The molecule has 2 rings (SSSR count). The fourth-order valence-corrected chi connectivity index (χ4v) is 2.86. The normalized spacial score (nSPS) is 21.1. The highest BCUT2D eigenvalue weighted by molar-refractivity contribution is 7.99. The molecule has 0 saturated carbocycles. The molecule has 0 amide bonds. The van der Waals surface area contributed by atoms with E-state index < -0.39 is 0 Å². The lowest BCUT2D eigenvalue weighted by molar-refractivity contribution is 0.626. The Morgan fingerprint density at radius 1 is 1.43 bits per heavy atom. The molecule has 1 aliphatic heterocycles. The Morgan fingerprint density at radius 2 is 2.29 bits per heavy atom. The number of hydrogen-bond acceptors (Lipinski definition) is 2. The number of benzene rings is 1. The van der Waals surface area contributed by atoms with Gasteiger partial charge < -0.3 is 5.32 Å². The summed E-state index contributed by atoms with van der Waals surface area (Å²) in [5, 5.41) is 3.36. The van der Waals surface area contributed by atoms with Crippen molar-refractivity contribution in [3.05, 3.63) is 29.6 Å². The molecular weight excluding hydrogens is 197 g/mol. The van der Waals surface area contributed by atoms with E-state index in [0.29, 0.717) is 6.04 Å². The number of nitrogens with one attached hydrogen (secondary N) is 1.